The average molecular weight is 604 g/mol. The number of piperazine rings is 1. The van der Waals surface area contributed by atoms with Gasteiger partial charge in [0, 0.05) is 43.6 Å². The zero-order valence-corrected chi connectivity index (χ0v) is 24.2. The largest absolute Gasteiger partial charge is 0.573 e. The Morgan fingerprint density at radius 2 is 1.82 bits per heavy atom. The van der Waals surface area contributed by atoms with Crippen molar-refractivity contribution in [3.63, 3.8) is 0 Å². The number of carbonyl (C=O) groups excluding carboxylic acids is 1. The number of ether oxygens (including phenoxy) is 2. The fourth-order valence-electron chi connectivity index (χ4n) is 5.29. The summed E-state index contributed by atoms with van der Waals surface area (Å²) in [6.07, 6.45) is 1.44. The molecule has 0 bridgehead atoms. The number of halogens is 3. The molecule has 1 atom stereocenters. The van der Waals surface area contributed by atoms with Gasteiger partial charge in [-0.1, -0.05) is 56.2 Å². The van der Waals surface area contributed by atoms with Crippen LogP contribution < -0.4 is 14.4 Å². The van der Waals surface area contributed by atoms with Crippen LogP contribution in [0.3, 0.4) is 0 Å². The third kappa shape index (κ3) is 7.76. The molecule has 0 aliphatic carbocycles. The number of benzene rings is 3. The Hall–Kier alpha value is -4.82. The molecule has 1 saturated heterocycles. The highest BCUT2D eigenvalue weighted by atomic mass is 19.4. The molecule has 0 saturated carbocycles. The van der Waals surface area contributed by atoms with E-state index in [1.165, 1.54) is 18.2 Å². The molecule has 1 aliphatic rings. The summed E-state index contributed by atoms with van der Waals surface area (Å²) in [6, 6.07) is 20.3. The van der Waals surface area contributed by atoms with Gasteiger partial charge in [0.05, 0.1) is 25.1 Å². The molecule has 1 aliphatic heterocycles. The van der Waals surface area contributed by atoms with Crippen LogP contribution >= 0.6 is 0 Å². The van der Waals surface area contributed by atoms with Crippen LogP contribution in [0, 0.1) is 6.57 Å². The van der Waals surface area contributed by atoms with E-state index in [2.05, 4.69) is 26.4 Å². The maximum absolute atomic E-state index is 13.3. The van der Waals surface area contributed by atoms with Crippen LogP contribution in [-0.2, 0) is 17.9 Å². The Morgan fingerprint density at radius 3 is 2.57 bits per heavy atom. The Bertz CT molecular complexity index is 1620. The van der Waals surface area contributed by atoms with E-state index >= 15 is 0 Å². The summed E-state index contributed by atoms with van der Waals surface area (Å²) >= 11 is 0. The number of para-hydroxylation sites is 1. The van der Waals surface area contributed by atoms with Crippen LogP contribution in [0.5, 0.6) is 17.2 Å². The second-order valence-electron chi connectivity index (χ2n) is 10.6. The number of nitrogens with zero attached hydrogens (tertiary/aromatic N) is 5. The van der Waals surface area contributed by atoms with Crippen LogP contribution in [0.1, 0.15) is 37.4 Å². The lowest BCUT2D eigenvalue weighted by atomic mass is 10.0. The Labute approximate surface area is 254 Å². The minimum absolute atomic E-state index is 0.00739. The lowest BCUT2D eigenvalue weighted by Gasteiger charge is -2.41. The predicted octanol–water partition coefficient (Wildman–Crippen LogP) is 7.58. The molecule has 1 aromatic heterocycles. The van der Waals surface area contributed by atoms with Gasteiger partial charge in [-0.05, 0) is 42.3 Å². The molecule has 8 nitrogen and oxygen atoms in total. The first-order valence-electron chi connectivity index (χ1n) is 14.3. The van der Waals surface area contributed by atoms with E-state index in [0.717, 1.165) is 30.5 Å². The number of rotatable bonds is 11. The molecular weight excluding hydrogens is 571 g/mol. The molecule has 0 spiro atoms. The van der Waals surface area contributed by atoms with Crippen molar-refractivity contribution in [2.45, 2.75) is 51.7 Å². The van der Waals surface area contributed by atoms with Crippen LogP contribution in [-0.4, -0.2) is 45.9 Å². The smallest absolute Gasteiger partial charge is 0.468 e. The molecule has 0 radical (unpaired) electrons. The summed E-state index contributed by atoms with van der Waals surface area (Å²) in [7, 11) is 0. The monoisotopic (exact) mass is 603 g/mol. The second-order valence-corrected chi connectivity index (χ2v) is 10.6. The van der Waals surface area contributed by atoms with E-state index < -0.39 is 6.36 Å². The topological polar surface area (TPSA) is 64.2 Å². The molecular formula is C33H32F3N5O3. The van der Waals surface area contributed by atoms with E-state index in [9.17, 15) is 18.0 Å². The third-order valence-electron chi connectivity index (χ3n) is 7.44. The van der Waals surface area contributed by atoms with Crippen molar-refractivity contribution in [3.8, 4) is 17.2 Å². The number of imidazole rings is 1. The van der Waals surface area contributed by atoms with Gasteiger partial charge in [0.2, 0.25) is 11.6 Å². The standard InChI is InChI=1S/C33H32F3N5O3/c1-3-4-9-26-21-41(25-10-8-13-29(17-25)44-33(34,35)36)32(42)22-39(26)20-27-18-38-23-40(27)19-24-14-15-30(37-2)31(16-24)43-28-11-6-5-7-12-28/h5-8,10-18,23,26H,3-4,9,19-22H2,1H3/t26-/m0/s1. The molecule has 3 aromatic carbocycles. The second kappa shape index (κ2) is 13.7. The fourth-order valence-corrected chi connectivity index (χ4v) is 5.29. The van der Waals surface area contributed by atoms with Crippen molar-refractivity contribution in [1.82, 2.24) is 14.5 Å². The predicted molar refractivity (Wildman–Crippen MR) is 160 cm³/mol. The molecule has 44 heavy (non-hydrogen) atoms. The molecule has 0 unspecified atom stereocenters. The number of anilines is 1. The highest BCUT2D eigenvalue weighted by Crippen LogP contribution is 2.34. The fraction of sp³-hybridized carbons (Fsp3) is 0.303. The van der Waals surface area contributed by atoms with Gasteiger partial charge in [-0.25, -0.2) is 9.83 Å². The SMILES string of the molecule is [C-]#[N+]c1ccc(Cn2cncc2CN2CC(=O)N(c3cccc(OC(F)(F)F)c3)C[C@@H]2CCCC)cc1Oc1ccccc1. The number of amides is 1. The van der Waals surface area contributed by atoms with Crippen LogP contribution in [0.15, 0.2) is 85.3 Å². The molecule has 228 valence electrons. The number of hydrogen-bond donors (Lipinski definition) is 0. The van der Waals surface area contributed by atoms with Gasteiger partial charge < -0.3 is 18.9 Å². The summed E-state index contributed by atoms with van der Waals surface area (Å²) in [6.45, 7) is 11.0. The maximum Gasteiger partial charge on any atom is 0.573 e. The minimum Gasteiger partial charge on any atom is -0.468 e. The lowest BCUT2D eigenvalue weighted by molar-refractivity contribution is -0.274. The highest BCUT2D eigenvalue weighted by Gasteiger charge is 2.34. The highest BCUT2D eigenvalue weighted by molar-refractivity contribution is 5.95. The van der Waals surface area contributed by atoms with Crippen LogP contribution in [0.25, 0.3) is 4.85 Å². The van der Waals surface area contributed by atoms with Gasteiger partial charge in [-0.2, -0.15) is 0 Å². The summed E-state index contributed by atoms with van der Waals surface area (Å²) in [5.41, 5.74) is 2.62. The lowest BCUT2D eigenvalue weighted by Crippen LogP contribution is -2.56. The van der Waals surface area contributed by atoms with E-state index in [1.807, 2.05) is 47.0 Å². The maximum atomic E-state index is 13.3. The van der Waals surface area contributed by atoms with Crippen molar-refractivity contribution in [2.75, 3.05) is 18.0 Å². The van der Waals surface area contributed by atoms with E-state index in [0.29, 0.717) is 42.5 Å². The Morgan fingerprint density at radius 1 is 1.02 bits per heavy atom. The molecule has 1 amide bonds. The van der Waals surface area contributed by atoms with Gasteiger partial charge in [0.15, 0.2) is 0 Å². The summed E-state index contributed by atoms with van der Waals surface area (Å²) < 4.78 is 50.5. The van der Waals surface area contributed by atoms with Gasteiger partial charge in [0.25, 0.3) is 0 Å². The first kappa shape index (κ1) is 30.6. The van der Waals surface area contributed by atoms with Crippen molar-refractivity contribution >= 4 is 17.3 Å². The number of aromatic nitrogens is 2. The van der Waals surface area contributed by atoms with Gasteiger partial charge in [0.1, 0.15) is 17.2 Å². The zero-order valence-electron chi connectivity index (χ0n) is 24.2. The molecule has 0 N–H and O–H groups in total. The van der Waals surface area contributed by atoms with Gasteiger partial charge in [-0.15, -0.1) is 13.2 Å². The van der Waals surface area contributed by atoms with E-state index in [4.69, 9.17) is 11.3 Å². The number of carbonyl (C=O) groups is 1. The Kier molecular flexibility index (Phi) is 9.50. The summed E-state index contributed by atoms with van der Waals surface area (Å²) in [5, 5.41) is 0. The third-order valence-corrected chi connectivity index (χ3v) is 7.44. The first-order chi connectivity index (χ1) is 21.2. The normalized spacial score (nSPS) is 15.7. The first-order valence-corrected chi connectivity index (χ1v) is 14.3. The molecule has 2 heterocycles. The number of alkyl halides is 3. The minimum atomic E-state index is -4.82. The summed E-state index contributed by atoms with van der Waals surface area (Å²) in [5.74, 6) is 0.544. The van der Waals surface area contributed by atoms with E-state index in [1.54, 1.807) is 29.6 Å². The van der Waals surface area contributed by atoms with E-state index in [-0.39, 0.29) is 24.2 Å². The molecule has 1 fully saturated rings. The van der Waals surface area contributed by atoms with Crippen LogP contribution in [0.4, 0.5) is 24.5 Å². The van der Waals surface area contributed by atoms with Gasteiger partial charge in [-0.3, -0.25) is 9.69 Å². The van der Waals surface area contributed by atoms with Crippen LogP contribution in [0.2, 0.25) is 0 Å². The van der Waals surface area contributed by atoms with Crippen molar-refractivity contribution in [1.29, 1.82) is 0 Å². The quantitative estimate of drug-likeness (QED) is 0.165. The van der Waals surface area contributed by atoms with Gasteiger partial charge >= 0.3 is 6.36 Å². The number of unbranched alkanes of at least 4 members (excludes halogenated alkanes) is 1. The molecule has 5 rings (SSSR count). The van der Waals surface area contributed by atoms with Crippen molar-refractivity contribution < 1.29 is 27.4 Å². The summed E-state index contributed by atoms with van der Waals surface area (Å²) in [4.78, 5) is 25.0. The zero-order chi connectivity index (χ0) is 31.1. The number of hydrogen-bond acceptors (Lipinski definition) is 5. The average Bonchev–Trinajstić information content (AvgIpc) is 3.43. The Balaban J connectivity index is 1.32. The van der Waals surface area contributed by atoms with Crippen molar-refractivity contribution in [3.05, 3.63) is 108 Å². The van der Waals surface area contributed by atoms with Crippen molar-refractivity contribution in [2.24, 2.45) is 0 Å². The molecule has 4 aromatic rings. The molecule has 11 heteroatoms.